The van der Waals surface area contributed by atoms with E-state index < -0.39 is 335 Å². The second-order valence-electron chi connectivity index (χ2n) is 35.5. The molecule has 4 saturated carbocycles. The lowest BCUT2D eigenvalue weighted by atomic mass is 9.33. The first-order chi connectivity index (χ1) is 54.9. The number of hydrogen-bond donors (Lipinski definition) is 19. The molecule has 7 heterocycles. The fourth-order valence-corrected chi connectivity index (χ4v) is 21.3. The van der Waals surface area contributed by atoms with Crippen LogP contribution in [0.2, 0.25) is 0 Å². The van der Waals surface area contributed by atoms with E-state index in [0.29, 0.717) is 12.8 Å². The number of esters is 4. The van der Waals surface area contributed by atoms with E-state index in [2.05, 4.69) is 0 Å². The molecule has 41 nitrogen and oxygen atoms in total. The molecule has 12 rings (SSSR count). The van der Waals surface area contributed by atoms with E-state index in [1.54, 1.807) is 0 Å². The highest BCUT2D eigenvalue weighted by atomic mass is 16.8. The monoisotopic (exact) mass is 1690 g/mol. The Morgan fingerprint density at radius 2 is 1.02 bits per heavy atom. The molecule has 19 N–H and O–H groups in total. The van der Waals surface area contributed by atoms with E-state index in [0.717, 1.165) is 26.3 Å². The van der Waals surface area contributed by atoms with Gasteiger partial charge < -0.3 is 178 Å². The van der Waals surface area contributed by atoms with Crippen LogP contribution in [0.1, 0.15) is 127 Å². The molecule has 0 aromatic heterocycles. The molecule has 0 spiro atoms. The van der Waals surface area contributed by atoms with E-state index in [4.69, 9.17) is 80.5 Å². The Balaban J connectivity index is 0.833. The van der Waals surface area contributed by atoms with E-state index in [9.17, 15) is 116 Å². The van der Waals surface area contributed by atoms with Crippen LogP contribution < -0.4 is 0 Å². The van der Waals surface area contributed by atoms with Crippen molar-refractivity contribution in [3.05, 3.63) is 11.6 Å². The number of carboxylic acids is 1. The largest absolute Gasteiger partial charge is 0.481 e. The number of aliphatic hydroxyl groups is 18. The van der Waals surface area contributed by atoms with Gasteiger partial charge in [0.2, 0.25) is 6.29 Å². The van der Waals surface area contributed by atoms with E-state index in [1.165, 1.54) is 20.8 Å². The highest BCUT2D eigenvalue weighted by molar-refractivity contribution is 5.79. The van der Waals surface area contributed by atoms with Crippen LogP contribution in [0.4, 0.5) is 0 Å². The number of fused-ring (bicyclic) bond motifs is 7. The Labute approximate surface area is 672 Å². The van der Waals surface area contributed by atoms with Crippen LogP contribution in [0.3, 0.4) is 0 Å². The maximum absolute atomic E-state index is 16.3. The zero-order valence-corrected chi connectivity index (χ0v) is 66.7. The van der Waals surface area contributed by atoms with E-state index in [-0.39, 0.29) is 44.9 Å². The summed E-state index contributed by atoms with van der Waals surface area (Å²) in [4.78, 5) is 69.0. The Kier molecular flexibility index (Phi) is 27.6. The van der Waals surface area contributed by atoms with Crippen molar-refractivity contribution in [2.45, 2.75) is 335 Å². The average molecular weight is 1690 g/mol. The Morgan fingerprint density at radius 3 is 1.61 bits per heavy atom. The summed E-state index contributed by atoms with van der Waals surface area (Å²) >= 11 is 0. The predicted molar refractivity (Wildman–Crippen MR) is 379 cm³/mol. The molecule has 117 heavy (non-hydrogen) atoms. The van der Waals surface area contributed by atoms with Crippen LogP contribution in [0, 0.1) is 50.2 Å². The van der Waals surface area contributed by atoms with Gasteiger partial charge in [0.25, 0.3) is 0 Å². The van der Waals surface area contributed by atoms with Crippen LogP contribution in [-0.2, 0) is 104 Å². The number of carbonyl (C=O) groups is 5. The summed E-state index contributed by atoms with van der Waals surface area (Å²) in [6, 6.07) is 0. The van der Waals surface area contributed by atoms with E-state index in [1.807, 2.05) is 33.8 Å². The number of aliphatic hydroxyl groups excluding tert-OH is 17. The third kappa shape index (κ3) is 16.5. The summed E-state index contributed by atoms with van der Waals surface area (Å²) < 4.78 is 102. The van der Waals surface area contributed by atoms with Gasteiger partial charge in [0.05, 0.1) is 68.8 Å². The summed E-state index contributed by atoms with van der Waals surface area (Å²) in [5.74, 6) is -7.06. The fraction of sp³-hybridized carbons (Fsp3) is 0.908. The van der Waals surface area contributed by atoms with Crippen LogP contribution in [0.15, 0.2) is 11.6 Å². The molecule has 0 bridgehead atoms. The summed E-state index contributed by atoms with van der Waals surface area (Å²) in [5, 5.41) is 212. The van der Waals surface area contributed by atoms with E-state index >= 15 is 4.79 Å². The smallest absolute Gasteiger partial charge is 0.315 e. The Morgan fingerprint density at radius 1 is 0.487 bits per heavy atom. The van der Waals surface area contributed by atoms with Crippen molar-refractivity contribution in [3.8, 4) is 0 Å². The second kappa shape index (κ2) is 35.1. The summed E-state index contributed by atoms with van der Waals surface area (Å²) in [6.45, 7) is 10.1. The highest BCUT2D eigenvalue weighted by Crippen LogP contribution is 2.76. The van der Waals surface area contributed by atoms with Gasteiger partial charge in [-0.05, 0) is 113 Å². The van der Waals surface area contributed by atoms with Gasteiger partial charge in [0, 0.05) is 26.2 Å². The highest BCUT2D eigenvalue weighted by Gasteiger charge is 2.75. The first kappa shape index (κ1) is 92.0. The molecule has 0 amide bonds. The number of hydrogen-bond acceptors (Lipinski definition) is 40. The lowest BCUT2D eigenvalue weighted by Crippen LogP contribution is -2.71. The minimum absolute atomic E-state index is 0.0501. The SMILES string of the molecule is CC(=O)OC[C@@]1(O)CO[C@@H](O[C@H]2[C@@H](O)[C@H](O[C@H]3[C@H](OC(=O)[C@]45CCC(C)(C)C[C@H]4C4=CC[C@@H]6[C@@]7(C)C[C@H](O)[C@H](O[C@@H]8O[C@H](CO)[C@@H](O)[C@H](O)[C@H]8O[C@@H]8O[C@H](CO)[C@@H](O)[C@H](O)[C@H]8O)[C@@](C)(C(=O)O)C7CC[C@@]6(C)[C@]4(CO)CC5)O[C@H](C)[C@H](OC(C)=O)[C@@H]3OC(C)=O)O[C@@H](C)[C@@H]2O[C@@H]2OC[C@@H](O[C@@H]3O[C@H](CO)[C@H](O)[C@H](O)[C@H]3O)[C@H](O)[C@H]2O)[C@@H]1O. The molecule has 12 aliphatic rings. The molecule has 41 heteroatoms. The van der Waals surface area contributed by atoms with Gasteiger partial charge in [-0.3, -0.25) is 24.0 Å². The topological polar surface area (TPSA) is 627 Å². The number of carboxylic acid groups (broad SMARTS) is 1. The van der Waals surface area contributed by atoms with Crippen molar-refractivity contribution < 1.29 is 202 Å². The third-order valence-electron chi connectivity index (χ3n) is 27.9. The third-order valence-corrected chi connectivity index (χ3v) is 27.9. The van der Waals surface area contributed by atoms with Crippen LogP contribution in [-0.4, -0.2) is 381 Å². The molecule has 5 aliphatic carbocycles. The second-order valence-corrected chi connectivity index (χ2v) is 35.5. The minimum Gasteiger partial charge on any atom is -0.481 e. The Bertz CT molecular complexity index is 3520. The quantitative estimate of drug-likeness (QED) is 0.0196. The molecule has 7 aliphatic heterocycles. The number of allylic oxidation sites excluding steroid dienone is 1. The molecule has 0 aromatic rings. The fourth-order valence-electron chi connectivity index (χ4n) is 21.3. The van der Waals surface area contributed by atoms with Crippen LogP contribution >= 0.6 is 0 Å². The van der Waals surface area contributed by atoms with Crippen molar-refractivity contribution in [2.24, 2.45) is 50.2 Å². The van der Waals surface area contributed by atoms with Crippen LogP contribution in [0.25, 0.3) is 0 Å². The molecule has 7 saturated heterocycles. The molecule has 11 fully saturated rings. The number of carbonyl (C=O) groups excluding carboxylic acids is 4. The molecule has 42 atom stereocenters. The average Bonchev–Trinajstić information content (AvgIpc) is 0.712. The van der Waals surface area contributed by atoms with Crippen molar-refractivity contribution in [2.75, 3.05) is 46.2 Å². The van der Waals surface area contributed by atoms with Gasteiger partial charge >= 0.3 is 29.8 Å². The standard InChI is InChI=1S/C76H118O41/c1-28-53(112-61-49(92)45(88)39(24-101-61)111-62-50(93)46(89)42(85)36(21-77)108-62)55(113-67-59(96)76(100,27-103-67)26-102-30(3)81)52(95)64(104-28)115-58-57(107-32(5)83)54(106-31(4)82)29(2)105-66(58)117-69(99)74-16-15-70(6,7)19-34(74)33-11-12-40-71(8)20-35(84)60(73(10,68(97)98)41(71)13-14-72(40,9)75(33,25-80)18-17-74)116-65-56(48(91)44(87)38(23-79)110-65)114-63-51(94)47(90)43(86)37(22-78)109-63/h11,28-29,34-67,77-80,84-96,100H,12-27H2,1-10H3,(H,97,98)/t28-,29+,34-,35-,36+,37+,38+,39+,40+,41?,42-,43+,44+,45-,46-,47-,48-,49+,50+,51+,52+,53-,54-,55-,56+,57-,58+,59-,60-,61-,62-,63-,64-,65-,66-,67-,71+,72+,73-,74-,75-,76+/m0/s1. The molecule has 668 valence electrons. The maximum atomic E-state index is 16.3. The van der Waals surface area contributed by atoms with Crippen molar-refractivity contribution in [1.29, 1.82) is 0 Å². The first-order valence-electron chi connectivity index (χ1n) is 39.9. The normalized spacial score (nSPS) is 51.0. The predicted octanol–water partition coefficient (Wildman–Crippen LogP) is -6.51. The van der Waals surface area contributed by atoms with Gasteiger partial charge in [-0.15, -0.1) is 0 Å². The molecular formula is C76H118O41. The van der Waals surface area contributed by atoms with Crippen molar-refractivity contribution in [1.82, 2.24) is 0 Å². The first-order valence-corrected chi connectivity index (χ1v) is 39.9. The van der Waals surface area contributed by atoms with Crippen molar-refractivity contribution in [3.63, 3.8) is 0 Å². The maximum Gasteiger partial charge on any atom is 0.315 e. The van der Waals surface area contributed by atoms with Gasteiger partial charge in [-0.25, -0.2) is 0 Å². The zero-order valence-electron chi connectivity index (χ0n) is 66.7. The van der Waals surface area contributed by atoms with Gasteiger partial charge in [-0.1, -0.05) is 39.3 Å². The van der Waals surface area contributed by atoms with Gasteiger partial charge in [0.15, 0.2) is 61.7 Å². The molecular weight excluding hydrogens is 1570 g/mol. The number of ether oxygens (including phenoxy) is 17. The lowest BCUT2D eigenvalue weighted by Gasteiger charge is -2.71. The molecule has 0 aromatic carbocycles. The summed E-state index contributed by atoms with van der Waals surface area (Å²) in [7, 11) is 0. The van der Waals surface area contributed by atoms with Gasteiger partial charge in [-0.2, -0.15) is 0 Å². The lowest BCUT2D eigenvalue weighted by molar-refractivity contribution is -0.388. The number of rotatable bonds is 23. The minimum atomic E-state index is -2.33. The summed E-state index contributed by atoms with van der Waals surface area (Å²) in [5.41, 5.74) is -8.76. The van der Waals surface area contributed by atoms with Crippen molar-refractivity contribution >= 4 is 29.8 Å². The van der Waals surface area contributed by atoms with Gasteiger partial charge in [0.1, 0.15) is 129 Å². The number of aliphatic carboxylic acids is 1. The zero-order chi connectivity index (χ0) is 85.8. The van der Waals surface area contributed by atoms with Crippen LogP contribution in [0.5, 0.6) is 0 Å². The Hall–Kier alpha value is -4.15. The summed E-state index contributed by atoms with van der Waals surface area (Å²) in [6.07, 6.45) is -56.6. The molecule has 1 unspecified atom stereocenters. The molecule has 0 radical (unpaired) electrons.